The average molecular weight is 286 g/mol. The number of hydrogen-bond acceptors (Lipinski definition) is 3. The highest BCUT2D eigenvalue weighted by atomic mass is 16.2. The van der Waals surface area contributed by atoms with Crippen LogP contribution in [0.15, 0.2) is 24.3 Å². The predicted molar refractivity (Wildman–Crippen MR) is 85.5 cm³/mol. The van der Waals surface area contributed by atoms with Gasteiger partial charge >= 0.3 is 0 Å². The molecule has 1 heterocycles. The summed E-state index contributed by atoms with van der Waals surface area (Å²) in [5, 5.41) is 7.24. The second-order valence-corrected chi connectivity index (χ2v) is 5.36. The van der Waals surface area contributed by atoms with Gasteiger partial charge in [-0.25, -0.2) is 0 Å². The number of aromatic nitrogens is 2. The lowest BCUT2D eigenvalue weighted by Gasteiger charge is -2.14. The first-order valence-electron chi connectivity index (χ1n) is 7.18. The summed E-state index contributed by atoms with van der Waals surface area (Å²) in [5.41, 5.74) is 9.45. The molecule has 0 fully saturated rings. The van der Waals surface area contributed by atoms with Crippen LogP contribution in [0.25, 0.3) is 0 Å². The Hall–Kier alpha value is -2.30. The van der Waals surface area contributed by atoms with E-state index >= 15 is 0 Å². The molecule has 1 aromatic carbocycles. The van der Waals surface area contributed by atoms with Crippen molar-refractivity contribution in [3.63, 3.8) is 0 Å². The molecule has 1 aromatic heterocycles. The summed E-state index contributed by atoms with van der Waals surface area (Å²) in [6.45, 7) is 8.54. The van der Waals surface area contributed by atoms with Crippen LogP contribution in [0.4, 0.5) is 11.4 Å². The first kappa shape index (κ1) is 15.1. The van der Waals surface area contributed by atoms with Crippen molar-refractivity contribution in [2.75, 3.05) is 11.1 Å². The zero-order chi connectivity index (χ0) is 15.6. The van der Waals surface area contributed by atoms with Crippen molar-refractivity contribution in [3.05, 3.63) is 41.2 Å². The minimum atomic E-state index is -0.219. The molecule has 0 radical (unpaired) electrons. The fourth-order valence-corrected chi connectivity index (χ4v) is 2.36. The maximum atomic E-state index is 12.6. The van der Waals surface area contributed by atoms with Gasteiger partial charge in [0.2, 0.25) is 0 Å². The van der Waals surface area contributed by atoms with Crippen LogP contribution >= 0.6 is 0 Å². The minimum Gasteiger partial charge on any atom is -0.395 e. The van der Waals surface area contributed by atoms with Gasteiger partial charge in [-0.2, -0.15) is 5.10 Å². The van der Waals surface area contributed by atoms with Crippen molar-refractivity contribution in [2.24, 2.45) is 0 Å². The van der Waals surface area contributed by atoms with Crippen molar-refractivity contribution >= 4 is 17.3 Å². The van der Waals surface area contributed by atoms with E-state index in [4.69, 9.17) is 5.73 Å². The number of benzene rings is 1. The Morgan fingerprint density at radius 2 is 2.05 bits per heavy atom. The lowest BCUT2D eigenvalue weighted by atomic mass is 10.0. The number of aryl methyl sites for hydroxylation is 2. The number of carbonyl (C=O) groups is 1. The molecule has 0 saturated heterocycles. The van der Waals surface area contributed by atoms with E-state index in [1.807, 2.05) is 31.2 Å². The van der Waals surface area contributed by atoms with Crippen LogP contribution in [0, 0.1) is 6.92 Å². The van der Waals surface area contributed by atoms with Crippen molar-refractivity contribution in [3.8, 4) is 0 Å². The molecule has 0 aliphatic rings. The average Bonchev–Trinajstić information content (AvgIpc) is 2.74. The van der Waals surface area contributed by atoms with E-state index in [1.54, 1.807) is 11.6 Å². The highest BCUT2D eigenvalue weighted by molar-refractivity contribution is 6.07. The smallest absolute Gasteiger partial charge is 0.276 e. The molecule has 21 heavy (non-hydrogen) atoms. The van der Waals surface area contributed by atoms with E-state index < -0.39 is 0 Å². The van der Waals surface area contributed by atoms with Crippen molar-refractivity contribution in [2.45, 2.75) is 40.2 Å². The highest BCUT2D eigenvalue weighted by Gasteiger charge is 2.20. The number of carbonyl (C=O) groups excluding carboxylic acids is 1. The quantitative estimate of drug-likeness (QED) is 0.906. The Morgan fingerprint density at radius 3 is 2.67 bits per heavy atom. The Bertz CT molecular complexity index is 658. The zero-order valence-corrected chi connectivity index (χ0v) is 13.0. The lowest BCUT2D eigenvalue weighted by Crippen LogP contribution is -2.19. The fourth-order valence-electron chi connectivity index (χ4n) is 2.36. The number of para-hydroxylation sites is 1. The number of hydrogen-bond donors (Lipinski definition) is 2. The molecule has 2 aromatic rings. The number of anilines is 2. The maximum Gasteiger partial charge on any atom is 0.276 e. The van der Waals surface area contributed by atoms with Crippen LogP contribution in [-0.4, -0.2) is 15.7 Å². The Balaban J connectivity index is 2.35. The van der Waals surface area contributed by atoms with Gasteiger partial charge in [-0.15, -0.1) is 0 Å². The van der Waals surface area contributed by atoms with Gasteiger partial charge in [-0.3, -0.25) is 9.48 Å². The number of nitrogens with one attached hydrogen (secondary N) is 1. The first-order chi connectivity index (χ1) is 9.95. The van der Waals surface area contributed by atoms with Gasteiger partial charge < -0.3 is 11.1 Å². The van der Waals surface area contributed by atoms with Crippen LogP contribution in [0.5, 0.6) is 0 Å². The molecule has 1 amide bonds. The summed E-state index contributed by atoms with van der Waals surface area (Å²) < 4.78 is 1.64. The largest absolute Gasteiger partial charge is 0.395 e. The number of amides is 1. The van der Waals surface area contributed by atoms with E-state index in [2.05, 4.69) is 24.3 Å². The summed E-state index contributed by atoms with van der Waals surface area (Å²) in [5.74, 6) is 0.111. The van der Waals surface area contributed by atoms with Gasteiger partial charge in [0.25, 0.3) is 5.91 Å². The molecular weight excluding hydrogens is 264 g/mol. The molecule has 3 N–H and O–H groups in total. The molecule has 5 nitrogen and oxygen atoms in total. The normalized spacial score (nSPS) is 10.9. The molecule has 2 rings (SSSR count). The number of nitrogens with two attached hydrogens (primary N) is 1. The van der Waals surface area contributed by atoms with Gasteiger partial charge in [-0.1, -0.05) is 32.0 Å². The zero-order valence-electron chi connectivity index (χ0n) is 13.0. The Morgan fingerprint density at radius 1 is 1.38 bits per heavy atom. The standard InChI is InChI=1S/C16H22N4O/c1-5-20-15(14(17)11(4)19-20)16(21)18-13-9-7-6-8-12(13)10(2)3/h6-10H,5,17H2,1-4H3,(H,18,21). The summed E-state index contributed by atoms with van der Waals surface area (Å²) in [4.78, 5) is 12.6. The van der Waals surface area contributed by atoms with Crippen molar-refractivity contribution in [1.82, 2.24) is 9.78 Å². The molecule has 0 aliphatic heterocycles. The van der Waals surface area contributed by atoms with E-state index in [-0.39, 0.29) is 5.91 Å². The SMILES string of the molecule is CCn1nc(C)c(N)c1C(=O)Nc1ccccc1C(C)C. The molecule has 0 spiro atoms. The fraction of sp³-hybridized carbons (Fsp3) is 0.375. The number of nitrogen functional groups attached to an aromatic ring is 1. The van der Waals surface area contributed by atoms with Crippen LogP contribution in [-0.2, 0) is 6.54 Å². The Kier molecular flexibility index (Phi) is 4.31. The monoisotopic (exact) mass is 286 g/mol. The van der Waals surface area contributed by atoms with E-state index in [9.17, 15) is 4.79 Å². The third-order valence-corrected chi connectivity index (χ3v) is 3.52. The molecule has 0 aliphatic carbocycles. The van der Waals surface area contributed by atoms with Crippen LogP contribution in [0.1, 0.15) is 48.4 Å². The number of rotatable bonds is 4. The second kappa shape index (κ2) is 5.99. The third kappa shape index (κ3) is 2.91. The molecule has 0 atom stereocenters. The summed E-state index contributed by atoms with van der Waals surface area (Å²) in [7, 11) is 0. The molecule has 0 unspecified atom stereocenters. The van der Waals surface area contributed by atoms with Crippen LogP contribution < -0.4 is 11.1 Å². The van der Waals surface area contributed by atoms with E-state index in [0.29, 0.717) is 29.5 Å². The van der Waals surface area contributed by atoms with Gasteiger partial charge in [0.1, 0.15) is 5.69 Å². The Labute approximate surface area is 125 Å². The van der Waals surface area contributed by atoms with E-state index in [0.717, 1.165) is 11.3 Å². The van der Waals surface area contributed by atoms with Crippen molar-refractivity contribution in [1.29, 1.82) is 0 Å². The van der Waals surface area contributed by atoms with Crippen molar-refractivity contribution < 1.29 is 4.79 Å². The summed E-state index contributed by atoms with van der Waals surface area (Å²) in [6, 6.07) is 7.81. The van der Waals surface area contributed by atoms with Gasteiger partial charge in [-0.05, 0) is 31.4 Å². The topological polar surface area (TPSA) is 72.9 Å². The van der Waals surface area contributed by atoms with E-state index in [1.165, 1.54) is 0 Å². The maximum absolute atomic E-state index is 12.6. The van der Waals surface area contributed by atoms with Gasteiger partial charge in [0, 0.05) is 12.2 Å². The number of nitrogens with zero attached hydrogens (tertiary/aromatic N) is 2. The lowest BCUT2D eigenvalue weighted by molar-refractivity contribution is 0.101. The molecular formula is C16H22N4O. The molecule has 5 heteroatoms. The summed E-state index contributed by atoms with van der Waals surface area (Å²) in [6.07, 6.45) is 0. The molecule has 0 saturated carbocycles. The van der Waals surface area contributed by atoms with Crippen LogP contribution in [0.3, 0.4) is 0 Å². The summed E-state index contributed by atoms with van der Waals surface area (Å²) >= 11 is 0. The third-order valence-electron chi connectivity index (χ3n) is 3.52. The predicted octanol–water partition coefficient (Wildman–Crippen LogP) is 3.17. The molecule has 112 valence electrons. The highest BCUT2D eigenvalue weighted by Crippen LogP contribution is 2.25. The second-order valence-electron chi connectivity index (χ2n) is 5.36. The minimum absolute atomic E-state index is 0.219. The first-order valence-corrected chi connectivity index (χ1v) is 7.18. The van der Waals surface area contributed by atoms with Gasteiger partial charge in [0.15, 0.2) is 0 Å². The van der Waals surface area contributed by atoms with Crippen LogP contribution in [0.2, 0.25) is 0 Å². The van der Waals surface area contributed by atoms with Gasteiger partial charge in [0.05, 0.1) is 11.4 Å². The molecule has 0 bridgehead atoms.